The molecule has 0 saturated carbocycles. The van der Waals surface area contributed by atoms with Crippen molar-refractivity contribution in [3.8, 4) is 0 Å². The number of carbonyl (C=O) groups excluding carboxylic acids is 2. The van der Waals surface area contributed by atoms with Crippen LogP contribution in [0.3, 0.4) is 0 Å². The minimum Gasteiger partial charge on any atom is -0.465 e. The summed E-state index contributed by atoms with van der Waals surface area (Å²) in [4.78, 5) is 42.4. The smallest absolute Gasteiger partial charge is 0.326 e. The van der Waals surface area contributed by atoms with Crippen molar-refractivity contribution in [2.75, 3.05) is 11.9 Å². The number of nitrogens with zero attached hydrogens (tertiary/aromatic N) is 2. The van der Waals surface area contributed by atoms with Gasteiger partial charge in [-0.15, -0.1) is 11.3 Å². The SMILES string of the molecule is CCOC(=O)Cn1cnc2sc(C(=O)Nc3ccc(C)cc3C)c(C)c2c1=O. The number of aromatic nitrogens is 2. The first kappa shape index (κ1) is 19.8. The van der Waals surface area contributed by atoms with Crippen LogP contribution in [0, 0.1) is 20.8 Å². The largest absolute Gasteiger partial charge is 0.465 e. The number of esters is 1. The number of nitrogens with one attached hydrogen (secondary N) is 1. The van der Waals surface area contributed by atoms with Crippen molar-refractivity contribution in [1.82, 2.24) is 9.55 Å². The topological polar surface area (TPSA) is 90.3 Å². The summed E-state index contributed by atoms with van der Waals surface area (Å²) in [5.41, 5.74) is 2.98. The van der Waals surface area contributed by atoms with Crippen molar-refractivity contribution in [1.29, 1.82) is 0 Å². The lowest BCUT2D eigenvalue weighted by Crippen LogP contribution is -2.25. The van der Waals surface area contributed by atoms with Crippen LogP contribution in [0.15, 0.2) is 29.3 Å². The Bertz CT molecular complexity index is 1130. The maximum atomic E-state index is 12.8. The molecule has 0 aliphatic heterocycles. The second-order valence-electron chi connectivity index (χ2n) is 6.49. The van der Waals surface area contributed by atoms with Gasteiger partial charge in [0.15, 0.2) is 0 Å². The number of carbonyl (C=O) groups is 2. The van der Waals surface area contributed by atoms with Crippen LogP contribution >= 0.6 is 11.3 Å². The lowest BCUT2D eigenvalue weighted by atomic mass is 10.1. The third kappa shape index (κ3) is 3.82. The van der Waals surface area contributed by atoms with Gasteiger partial charge >= 0.3 is 5.97 Å². The molecule has 0 spiro atoms. The fourth-order valence-corrected chi connectivity index (χ4v) is 4.00. The van der Waals surface area contributed by atoms with Crippen LogP contribution in [-0.2, 0) is 16.1 Å². The second kappa shape index (κ2) is 7.93. The summed E-state index contributed by atoms with van der Waals surface area (Å²) in [6, 6.07) is 5.77. The summed E-state index contributed by atoms with van der Waals surface area (Å²) < 4.78 is 6.08. The van der Waals surface area contributed by atoms with Gasteiger partial charge < -0.3 is 10.1 Å². The minimum absolute atomic E-state index is 0.213. The lowest BCUT2D eigenvalue weighted by Gasteiger charge is -2.08. The van der Waals surface area contributed by atoms with Gasteiger partial charge in [-0.25, -0.2) is 4.98 Å². The van der Waals surface area contributed by atoms with Crippen molar-refractivity contribution in [3.63, 3.8) is 0 Å². The molecule has 7 nitrogen and oxygen atoms in total. The van der Waals surface area contributed by atoms with E-state index in [0.717, 1.165) is 28.2 Å². The first-order valence-corrected chi connectivity index (χ1v) is 9.66. The van der Waals surface area contributed by atoms with Crippen LogP contribution in [0.4, 0.5) is 5.69 Å². The normalized spacial score (nSPS) is 10.9. The summed E-state index contributed by atoms with van der Waals surface area (Å²) in [5.74, 6) is -0.796. The molecule has 1 amide bonds. The zero-order valence-electron chi connectivity index (χ0n) is 16.2. The minimum atomic E-state index is -0.508. The molecular weight excluding hydrogens is 378 g/mol. The molecule has 3 rings (SSSR count). The fraction of sp³-hybridized carbons (Fsp3) is 0.300. The number of thiophene rings is 1. The molecule has 0 aliphatic carbocycles. The Kier molecular flexibility index (Phi) is 5.60. The lowest BCUT2D eigenvalue weighted by molar-refractivity contribution is -0.143. The van der Waals surface area contributed by atoms with E-state index in [1.165, 1.54) is 10.9 Å². The molecule has 0 fully saturated rings. The predicted octanol–water partition coefficient (Wildman–Crippen LogP) is 3.20. The van der Waals surface area contributed by atoms with Crippen LogP contribution in [0.2, 0.25) is 0 Å². The summed E-state index contributed by atoms with van der Waals surface area (Å²) in [7, 11) is 0. The van der Waals surface area contributed by atoms with Crippen molar-refractivity contribution >= 4 is 39.1 Å². The zero-order valence-corrected chi connectivity index (χ0v) is 17.0. The molecule has 8 heteroatoms. The maximum absolute atomic E-state index is 12.8. The highest BCUT2D eigenvalue weighted by Crippen LogP contribution is 2.28. The number of fused-ring (bicyclic) bond motifs is 1. The highest BCUT2D eigenvalue weighted by Gasteiger charge is 2.20. The summed E-state index contributed by atoms with van der Waals surface area (Å²) >= 11 is 1.16. The number of amides is 1. The van der Waals surface area contributed by atoms with Crippen molar-refractivity contribution in [2.24, 2.45) is 0 Å². The molecule has 146 valence electrons. The first-order valence-electron chi connectivity index (χ1n) is 8.84. The molecule has 28 heavy (non-hydrogen) atoms. The van der Waals surface area contributed by atoms with E-state index in [0.29, 0.717) is 20.7 Å². The van der Waals surface area contributed by atoms with Crippen molar-refractivity contribution in [2.45, 2.75) is 34.2 Å². The van der Waals surface area contributed by atoms with Crippen LogP contribution in [0.5, 0.6) is 0 Å². The van der Waals surface area contributed by atoms with Crippen molar-refractivity contribution < 1.29 is 14.3 Å². The molecule has 2 heterocycles. The Morgan fingerprint density at radius 2 is 2.00 bits per heavy atom. The van der Waals surface area contributed by atoms with E-state index < -0.39 is 5.97 Å². The van der Waals surface area contributed by atoms with Gasteiger partial charge in [0.2, 0.25) is 0 Å². The second-order valence-corrected chi connectivity index (χ2v) is 7.49. The summed E-state index contributed by atoms with van der Waals surface area (Å²) in [5, 5.41) is 3.25. The molecule has 0 atom stereocenters. The molecule has 3 aromatic rings. The van der Waals surface area contributed by atoms with Gasteiger partial charge in [0.25, 0.3) is 11.5 Å². The molecule has 0 radical (unpaired) electrons. The number of hydrogen-bond donors (Lipinski definition) is 1. The Labute approximate surface area is 166 Å². The third-order valence-electron chi connectivity index (χ3n) is 4.36. The van der Waals surface area contributed by atoms with Crippen LogP contribution < -0.4 is 10.9 Å². The van der Waals surface area contributed by atoms with Gasteiger partial charge in [0.1, 0.15) is 11.4 Å². The van der Waals surface area contributed by atoms with E-state index in [1.54, 1.807) is 13.8 Å². The molecule has 0 unspecified atom stereocenters. The first-order chi connectivity index (χ1) is 13.3. The molecule has 2 aromatic heterocycles. The Morgan fingerprint density at radius 3 is 2.68 bits per heavy atom. The third-order valence-corrected chi connectivity index (χ3v) is 5.56. The van der Waals surface area contributed by atoms with Gasteiger partial charge in [0, 0.05) is 5.69 Å². The zero-order chi connectivity index (χ0) is 20.4. The van der Waals surface area contributed by atoms with E-state index in [4.69, 9.17) is 4.74 Å². The summed E-state index contributed by atoms with van der Waals surface area (Å²) in [6.07, 6.45) is 1.31. The van der Waals surface area contributed by atoms with E-state index in [-0.39, 0.29) is 24.6 Å². The highest BCUT2D eigenvalue weighted by molar-refractivity contribution is 7.20. The van der Waals surface area contributed by atoms with Gasteiger partial charge in [-0.05, 0) is 44.9 Å². The number of benzene rings is 1. The van der Waals surface area contributed by atoms with E-state index in [9.17, 15) is 14.4 Å². The van der Waals surface area contributed by atoms with Crippen LogP contribution in [0.1, 0.15) is 33.3 Å². The Balaban J connectivity index is 1.95. The Hall–Kier alpha value is -3.00. The molecule has 0 saturated heterocycles. The quantitative estimate of drug-likeness (QED) is 0.666. The van der Waals surface area contributed by atoms with Gasteiger partial charge in [-0.3, -0.25) is 19.0 Å². The van der Waals surface area contributed by atoms with Crippen molar-refractivity contribution in [3.05, 3.63) is 56.4 Å². The number of aryl methyl sites for hydroxylation is 3. The molecule has 1 N–H and O–H groups in total. The highest BCUT2D eigenvalue weighted by atomic mass is 32.1. The Morgan fingerprint density at radius 1 is 1.25 bits per heavy atom. The van der Waals surface area contributed by atoms with Crippen LogP contribution in [-0.4, -0.2) is 28.0 Å². The molecule has 1 aromatic carbocycles. The maximum Gasteiger partial charge on any atom is 0.326 e. The van der Waals surface area contributed by atoms with Gasteiger partial charge in [0.05, 0.1) is 23.2 Å². The van der Waals surface area contributed by atoms with Gasteiger partial charge in [-0.2, -0.15) is 0 Å². The number of anilines is 1. The number of rotatable bonds is 5. The van der Waals surface area contributed by atoms with Crippen LogP contribution in [0.25, 0.3) is 10.2 Å². The summed E-state index contributed by atoms with van der Waals surface area (Å²) in [6.45, 7) is 7.36. The molecule has 0 bridgehead atoms. The van der Waals surface area contributed by atoms with E-state index >= 15 is 0 Å². The predicted molar refractivity (Wildman–Crippen MR) is 109 cm³/mol. The fourth-order valence-electron chi connectivity index (χ4n) is 2.97. The van der Waals surface area contributed by atoms with Gasteiger partial charge in [-0.1, -0.05) is 17.7 Å². The molecule has 0 aliphatic rings. The average molecular weight is 399 g/mol. The number of hydrogen-bond acceptors (Lipinski definition) is 6. The van der Waals surface area contributed by atoms with E-state index in [1.807, 2.05) is 32.0 Å². The standard InChI is InChI=1S/C20H21N3O4S/c1-5-27-15(24)9-23-10-21-19-16(20(23)26)13(4)17(28-19)18(25)22-14-7-6-11(2)8-12(14)3/h6-8,10H,5,9H2,1-4H3,(H,22,25). The van der Waals surface area contributed by atoms with E-state index in [2.05, 4.69) is 10.3 Å². The average Bonchev–Trinajstić information content (AvgIpc) is 2.97. The monoisotopic (exact) mass is 399 g/mol. The number of ether oxygens (including phenoxy) is 1. The molecular formula is C20H21N3O4S.